The van der Waals surface area contributed by atoms with E-state index in [9.17, 15) is 9.90 Å². The Kier molecular flexibility index (Phi) is 3.99. The molecule has 5 nitrogen and oxygen atoms in total. The average Bonchev–Trinajstić information content (AvgIpc) is 2.82. The molecule has 2 aromatic rings. The molecule has 0 saturated heterocycles. The molecule has 0 bridgehead atoms. The quantitative estimate of drug-likeness (QED) is 0.880. The molecule has 0 aromatic carbocycles. The van der Waals surface area contributed by atoms with Crippen molar-refractivity contribution in [2.75, 3.05) is 5.32 Å². The number of hydrogen-bond donors (Lipinski definition) is 2. The second-order valence-corrected chi connectivity index (χ2v) is 5.58. The summed E-state index contributed by atoms with van der Waals surface area (Å²) in [5.41, 5.74) is 0. The Morgan fingerprint density at radius 2 is 2.21 bits per heavy atom. The zero-order valence-electron chi connectivity index (χ0n) is 11.2. The maximum Gasteiger partial charge on any atom is 0.326 e. The van der Waals surface area contributed by atoms with E-state index in [1.165, 1.54) is 11.3 Å². The van der Waals surface area contributed by atoms with Gasteiger partial charge in [0.2, 0.25) is 0 Å². The normalized spacial score (nSPS) is 12.8. The zero-order valence-corrected chi connectivity index (χ0v) is 12.0. The van der Waals surface area contributed by atoms with Crippen LogP contribution in [0.3, 0.4) is 0 Å². The van der Waals surface area contributed by atoms with Gasteiger partial charge in [-0.25, -0.2) is 14.8 Å². The molecule has 0 saturated carbocycles. The van der Waals surface area contributed by atoms with Gasteiger partial charge < -0.3 is 10.4 Å². The number of anilines is 1. The van der Waals surface area contributed by atoms with Crippen LogP contribution in [0, 0.1) is 5.92 Å². The number of fused-ring (bicyclic) bond motifs is 1. The lowest BCUT2D eigenvalue weighted by molar-refractivity contribution is -0.138. The summed E-state index contributed by atoms with van der Waals surface area (Å²) in [4.78, 5) is 21.0. The topological polar surface area (TPSA) is 75.1 Å². The number of carbonyl (C=O) groups is 1. The van der Waals surface area contributed by atoms with Crippen LogP contribution in [0.5, 0.6) is 0 Å². The molecule has 0 aliphatic heterocycles. The van der Waals surface area contributed by atoms with Gasteiger partial charge in [0, 0.05) is 6.42 Å². The van der Waals surface area contributed by atoms with Crippen molar-refractivity contribution in [1.82, 2.24) is 9.97 Å². The summed E-state index contributed by atoms with van der Waals surface area (Å²) < 4.78 is 0. The molecule has 0 spiro atoms. The van der Waals surface area contributed by atoms with Gasteiger partial charge in [0.15, 0.2) is 0 Å². The van der Waals surface area contributed by atoms with E-state index >= 15 is 0 Å². The molecule has 1 atom stereocenters. The van der Waals surface area contributed by atoms with Crippen molar-refractivity contribution in [2.24, 2.45) is 5.92 Å². The summed E-state index contributed by atoms with van der Waals surface area (Å²) in [7, 11) is 0. The third-order valence-electron chi connectivity index (χ3n) is 2.91. The minimum absolute atomic E-state index is 0.0220. The van der Waals surface area contributed by atoms with Crippen LogP contribution in [0.25, 0.3) is 10.2 Å². The van der Waals surface area contributed by atoms with Crippen LogP contribution in [0.15, 0.2) is 11.4 Å². The highest BCUT2D eigenvalue weighted by atomic mass is 32.1. The number of hydrogen-bond acceptors (Lipinski definition) is 5. The minimum atomic E-state index is -0.866. The highest BCUT2D eigenvalue weighted by Gasteiger charge is 2.23. The van der Waals surface area contributed by atoms with Gasteiger partial charge in [0.1, 0.15) is 22.5 Å². The first-order chi connectivity index (χ1) is 9.02. The highest BCUT2D eigenvalue weighted by Crippen LogP contribution is 2.26. The highest BCUT2D eigenvalue weighted by molar-refractivity contribution is 7.16. The van der Waals surface area contributed by atoms with Crippen LogP contribution >= 0.6 is 11.3 Å². The number of nitrogens with zero attached hydrogens (tertiary/aromatic N) is 2. The number of aliphatic carboxylic acids is 1. The average molecular weight is 279 g/mol. The van der Waals surface area contributed by atoms with E-state index < -0.39 is 12.0 Å². The number of nitrogens with one attached hydrogen (secondary N) is 1. The van der Waals surface area contributed by atoms with Crippen molar-refractivity contribution in [2.45, 2.75) is 33.2 Å². The third-order valence-corrected chi connectivity index (χ3v) is 3.72. The van der Waals surface area contributed by atoms with Crippen LogP contribution < -0.4 is 5.32 Å². The molecule has 6 heteroatoms. The van der Waals surface area contributed by atoms with Gasteiger partial charge in [-0.2, -0.15) is 0 Å². The molecule has 2 N–H and O–H groups in total. The van der Waals surface area contributed by atoms with Gasteiger partial charge in [0.25, 0.3) is 0 Å². The van der Waals surface area contributed by atoms with Gasteiger partial charge >= 0.3 is 5.97 Å². The van der Waals surface area contributed by atoms with Crippen LogP contribution in [0.2, 0.25) is 0 Å². The van der Waals surface area contributed by atoms with Crippen molar-refractivity contribution in [3.05, 3.63) is 17.3 Å². The zero-order chi connectivity index (χ0) is 14.0. The van der Waals surface area contributed by atoms with Gasteiger partial charge in [-0.1, -0.05) is 20.8 Å². The predicted octanol–water partition coefficient (Wildman–Crippen LogP) is 2.77. The van der Waals surface area contributed by atoms with Crippen molar-refractivity contribution >= 4 is 33.3 Å². The van der Waals surface area contributed by atoms with Crippen molar-refractivity contribution in [1.29, 1.82) is 0 Å². The Morgan fingerprint density at radius 1 is 1.47 bits per heavy atom. The molecule has 0 fully saturated rings. The molecule has 0 aliphatic carbocycles. The van der Waals surface area contributed by atoms with Gasteiger partial charge in [0.05, 0.1) is 5.39 Å². The van der Waals surface area contributed by atoms with Gasteiger partial charge in [-0.05, 0) is 17.4 Å². The first-order valence-corrected chi connectivity index (χ1v) is 7.14. The molecule has 0 aliphatic rings. The van der Waals surface area contributed by atoms with E-state index in [4.69, 9.17) is 0 Å². The Hall–Kier alpha value is -1.69. The summed E-state index contributed by atoms with van der Waals surface area (Å²) in [5.74, 6) is 0.454. The lowest BCUT2D eigenvalue weighted by Crippen LogP contribution is -2.34. The second kappa shape index (κ2) is 5.52. The summed E-state index contributed by atoms with van der Waals surface area (Å²) in [6, 6.07) is 1.27. The summed E-state index contributed by atoms with van der Waals surface area (Å²) in [6.07, 6.45) is 0.724. The fourth-order valence-electron chi connectivity index (χ4n) is 1.83. The molecule has 102 valence electrons. The van der Waals surface area contributed by atoms with E-state index in [0.29, 0.717) is 5.82 Å². The minimum Gasteiger partial charge on any atom is -0.480 e. The number of carboxylic acids is 1. The molecule has 0 amide bonds. The smallest absolute Gasteiger partial charge is 0.326 e. The summed E-state index contributed by atoms with van der Waals surface area (Å²) in [5, 5.41) is 15.1. The fourth-order valence-corrected chi connectivity index (χ4v) is 2.61. The van der Waals surface area contributed by atoms with E-state index in [1.54, 1.807) is 0 Å². The monoisotopic (exact) mass is 279 g/mol. The largest absolute Gasteiger partial charge is 0.480 e. The van der Waals surface area contributed by atoms with Crippen LogP contribution in [-0.4, -0.2) is 27.1 Å². The Balaban J connectivity index is 2.43. The third kappa shape index (κ3) is 2.84. The van der Waals surface area contributed by atoms with Crippen molar-refractivity contribution < 1.29 is 9.90 Å². The van der Waals surface area contributed by atoms with E-state index in [1.807, 2.05) is 32.2 Å². The number of aryl methyl sites for hydroxylation is 1. The summed E-state index contributed by atoms with van der Waals surface area (Å²) >= 11 is 1.54. The Bertz CT molecular complexity index is 595. The molecule has 2 aromatic heterocycles. The molecule has 0 radical (unpaired) electrons. The standard InChI is InChI=1S/C13H17N3O2S/c1-4-9-14-11(8-5-6-19-12(8)15-9)16-10(7(2)3)13(17)18/h5-7,10H,4H2,1-3H3,(H,17,18)(H,14,15,16)/t10-/m1/s1. The number of carboxylic acid groups (broad SMARTS) is 1. The van der Waals surface area contributed by atoms with Crippen LogP contribution in [0.1, 0.15) is 26.6 Å². The SMILES string of the molecule is CCc1nc(N[C@@H](C(=O)O)C(C)C)c2ccsc2n1. The maximum atomic E-state index is 11.3. The Labute approximate surface area is 115 Å². The van der Waals surface area contributed by atoms with Gasteiger partial charge in [-0.3, -0.25) is 0 Å². The lowest BCUT2D eigenvalue weighted by atomic mass is 10.0. The first kappa shape index (κ1) is 13.7. The molecule has 0 unspecified atom stereocenters. The van der Waals surface area contributed by atoms with E-state index in [2.05, 4.69) is 15.3 Å². The van der Waals surface area contributed by atoms with E-state index in [-0.39, 0.29) is 5.92 Å². The van der Waals surface area contributed by atoms with Crippen LogP contribution in [-0.2, 0) is 11.2 Å². The Morgan fingerprint density at radius 3 is 2.79 bits per heavy atom. The molecular weight excluding hydrogens is 262 g/mol. The lowest BCUT2D eigenvalue weighted by Gasteiger charge is -2.19. The van der Waals surface area contributed by atoms with E-state index in [0.717, 1.165) is 22.5 Å². The number of rotatable bonds is 5. The van der Waals surface area contributed by atoms with Crippen molar-refractivity contribution in [3.8, 4) is 0 Å². The number of thiophene rings is 1. The maximum absolute atomic E-state index is 11.3. The molecular formula is C13H17N3O2S. The predicted molar refractivity (Wildman–Crippen MR) is 76.7 cm³/mol. The second-order valence-electron chi connectivity index (χ2n) is 4.69. The van der Waals surface area contributed by atoms with Crippen LogP contribution in [0.4, 0.5) is 5.82 Å². The fraction of sp³-hybridized carbons (Fsp3) is 0.462. The first-order valence-electron chi connectivity index (χ1n) is 6.26. The summed E-state index contributed by atoms with van der Waals surface area (Å²) in [6.45, 7) is 5.73. The number of aromatic nitrogens is 2. The molecule has 2 rings (SSSR count). The van der Waals surface area contributed by atoms with Crippen molar-refractivity contribution in [3.63, 3.8) is 0 Å². The van der Waals surface area contributed by atoms with Gasteiger partial charge in [-0.15, -0.1) is 11.3 Å². The molecule has 2 heterocycles. The molecule has 19 heavy (non-hydrogen) atoms.